The van der Waals surface area contributed by atoms with E-state index in [0.717, 1.165) is 56.8 Å². The first-order valence-electron chi connectivity index (χ1n) is 9.84. The molecule has 2 fully saturated rings. The van der Waals surface area contributed by atoms with Crippen molar-refractivity contribution in [3.63, 3.8) is 0 Å². The normalized spacial score (nSPS) is 23.0. The third kappa shape index (κ3) is 3.18. The molecule has 3 heterocycles. The molecular formula is C20H28N4O2. The fourth-order valence-corrected chi connectivity index (χ4v) is 4.43. The molecule has 0 aliphatic carbocycles. The average Bonchev–Trinajstić information content (AvgIpc) is 3.19. The van der Waals surface area contributed by atoms with Crippen molar-refractivity contribution in [2.75, 3.05) is 49.6 Å². The van der Waals surface area contributed by atoms with E-state index in [-0.39, 0.29) is 17.9 Å². The van der Waals surface area contributed by atoms with Gasteiger partial charge in [0.05, 0.1) is 11.4 Å². The van der Waals surface area contributed by atoms with Gasteiger partial charge in [-0.25, -0.2) is 0 Å². The topological polar surface area (TPSA) is 55.9 Å². The lowest BCUT2D eigenvalue weighted by molar-refractivity contribution is -0.120. The van der Waals surface area contributed by atoms with Crippen molar-refractivity contribution >= 4 is 23.2 Å². The van der Waals surface area contributed by atoms with Gasteiger partial charge in [-0.2, -0.15) is 0 Å². The van der Waals surface area contributed by atoms with Crippen molar-refractivity contribution < 1.29 is 9.59 Å². The summed E-state index contributed by atoms with van der Waals surface area (Å²) in [5, 5.41) is 3.02. The van der Waals surface area contributed by atoms with Gasteiger partial charge in [0.15, 0.2) is 0 Å². The van der Waals surface area contributed by atoms with Gasteiger partial charge in [-0.1, -0.05) is 0 Å². The van der Waals surface area contributed by atoms with E-state index in [0.29, 0.717) is 12.1 Å². The minimum absolute atomic E-state index is 0.0404. The van der Waals surface area contributed by atoms with E-state index < -0.39 is 0 Å². The van der Waals surface area contributed by atoms with Crippen molar-refractivity contribution in [3.05, 3.63) is 23.8 Å². The van der Waals surface area contributed by atoms with Crippen LogP contribution in [0.5, 0.6) is 0 Å². The van der Waals surface area contributed by atoms with Gasteiger partial charge < -0.3 is 20.0 Å². The molecule has 0 radical (unpaired) electrons. The molecule has 2 saturated heterocycles. The summed E-state index contributed by atoms with van der Waals surface area (Å²) in [7, 11) is 1.82. The number of rotatable bonds is 4. The second kappa shape index (κ2) is 7.27. The lowest BCUT2D eigenvalue weighted by atomic mass is 9.96. The van der Waals surface area contributed by atoms with Crippen LogP contribution in [0, 0.1) is 0 Å². The number of likely N-dealkylation sites (N-methyl/N-ethyl adjacent to an activating group) is 1. The zero-order chi connectivity index (χ0) is 18.1. The van der Waals surface area contributed by atoms with Gasteiger partial charge in [-0.15, -0.1) is 0 Å². The average molecular weight is 356 g/mol. The first-order chi connectivity index (χ1) is 12.6. The maximum Gasteiger partial charge on any atom is 0.251 e. The van der Waals surface area contributed by atoms with Gasteiger partial charge in [0.2, 0.25) is 5.91 Å². The van der Waals surface area contributed by atoms with Gasteiger partial charge in [0.25, 0.3) is 5.91 Å². The summed E-state index contributed by atoms with van der Waals surface area (Å²) in [5.41, 5.74) is 2.55. The molecule has 26 heavy (non-hydrogen) atoms. The van der Waals surface area contributed by atoms with E-state index in [1.807, 2.05) is 25.2 Å². The molecule has 1 unspecified atom stereocenters. The monoisotopic (exact) mass is 356 g/mol. The highest BCUT2D eigenvalue weighted by Gasteiger charge is 2.37. The number of nitrogens with zero attached hydrogens (tertiary/aromatic N) is 3. The zero-order valence-electron chi connectivity index (χ0n) is 15.5. The van der Waals surface area contributed by atoms with Crippen LogP contribution in [0.3, 0.4) is 0 Å². The Morgan fingerprint density at radius 1 is 1.12 bits per heavy atom. The number of amides is 2. The van der Waals surface area contributed by atoms with E-state index >= 15 is 0 Å². The molecule has 140 valence electrons. The fourth-order valence-electron chi connectivity index (χ4n) is 4.43. The molecule has 1 aromatic rings. The SMILES string of the molecule is CN1C(=O)C2CCCCN2c2ccc(C(=O)NCCN3CCCC3)cc21. The van der Waals surface area contributed by atoms with Crippen LogP contribution < -0.4 is 15.1 Å². The predicted molar refractivity (Wildman–Crippen MR) is 103 cm³/mol. The molecule has 6 heteroatoms. The van der Waals surface area contributed by atoms with Gasteiger partial charge in [-0.05, 0) is 63.4 Å². The first kappa shape index (κ1) is 17.3. The predicted octanol–water partition coefficient (Wildman–Crippen LogP) is 1.85. The summed E-state index contributed by atoms with van der Waals surface area (Å²) in [6.45, 7) is 4.76. The Bertz CT molecular complexity index is 699. The van der Waals surface area contributed by atoms with Crippen LogP contribution in [0.4, 0.5) is 11.4 Å². The highest BCUT2D eigenvalue weighted by Crippen LogP contribution is 2.39. The Morgan fingerprint density at radius 3 is 2.69 bits per heavy atom. The number of anilines is 2. The molecule has 1 aromatic carbocycles. The van der Waals surface area contributed by atoms with Crippen LogP contribution in [-0.2, 0) is 4.79 Å². The van der Waals surface area contributed by atoms with Crippen LogP contribution in [-0.4, -0.2) is 62.5 Å². The zero-order valence-corrected chi connectivity index (χ0v) is 15.5. The molecule has 3 aliphatic rings. The van der Waals surface area contributed by atoms with Gasteiger partial charge >= 0.3 is 0 Å². The maximum absolute atomic E-state index is 12.7. The quantitative estimate of drug-likeness (QED) is 0.895. The largest absolute Gasteiger partial charge is 0.358 e. The molecule has 0 spiro atoms. The van der Waals surface area contributed by atoms with Crippen molar-refractivity contribution in [1.29, 1.82) is 0 Å². The second-order valence-corrected chi connectivity index (χ2v) is 7.61. The number of fused-ring (bicyclic) bond motifs is 3. The summed E-state index contributed by atoms with van der Waals surface area (Å²) >= 11 is 0. The smallest absolute Gasteiger partial charge is 0.251 e. The number of carbonyl (C=O) groups is 2. The van der Waals surface area contributed by atoms with Crippen molar-refractivity contribution in [2.45, 2.75) is 38.1 Å². The third-order valence-corrected chi connectivity index (χ3v) is 5.94. The van der Waals surface area contributed by atoms with Crippen molar-refractivity contribution in [2.24, 2.45) is 0 Å². The number of likely N-dealkylation sites (tertiary alicyclic amines) is 1. The van der Waals surface area contributed by atoms with Crippen LogP contribution in [0.25, 0.3) is 0 Å². The Hall–Kier alpha value is -2.08. The Labute approximate surface area is 155 Å². The Kier molecular flexibility index (Phi) is 4.85. The summed E-state index contributed by atoms with van der Waals surface area (Å²) in [6, 6.07) is 5.72. The molecule has 3 aliphatic heterocycles. The van der Waals surface area contributed by atoms with Gasteiger partial charge in [0.1, 0.15) is 6.04 Å². The third-order valence-electron chi connectivity index (χ3n) is 5.94. The van der Waals surface area contributed by atoms with E-state index in [1.165, 1.54) is 12.8 Å². The van der Waals surface area contributed by atoms with E-state index in [2.05, 4.69) is 15.1 Å². The number of hydrogen-bond donors (Lipinski definition) is 1. The highest BCUT2D eigenvalue weighted by molar-refractivity contribution is 6.07. The summed E-state index contributed by atoms with van der Waals surface area (Å²) in [5.74, 6) is 0.0809. The molecule has 2 amide bonds. The molecule has 1 N–H and O–H groups in total. The van der Waals surface area contributed by atoms with Crippen molar-refractivity contribution in [1.82, 2.24) is 10.2 Å². The number of hydrogen-bond acceptors (Lipinski definition) is 4. The maximum atomic E-state index is 12.7. The van der Waals surface area contributed by atoms with E-state index in [4.69, 9.17) is 0 Å². The first-order valence-corrected chi connectivity index (χ1v) is 9.84. The minimum atomic E-state index is -0.0615. The number of nitrogens with one attached hydrogen (secondary N) is 1. The summed E-state index contributed by atoms with van der Waals surface area (Å²) in [4.78, 5) is 31.6. The van der Waals surface area contributed by atoms with Crippen LogP contribution >= 0.6 is 0 Å². The molecule has 6 nitrogen and oxygen atoms in total. The Balaban J connectivity index is 1.47. The highest BCUT2D eigenvalue weighted by atomic mass is 16.2. The molecular weight excluding hydrogens is 328 g/mol. The summed E-state index contributed by atoms with van der Waals surface area (Å²) in [6.07, 6.45) is 5.66. The fraction of sp³-hybridized carbons (Fsp3) is 0.600. The summed E-state index contributed by atoms with van der Waals surface area (Å²) < 4.78 is 0. The van der Waals surface area contributed by atoms with Crippen molar-refractivity contribution in [3.8, 4) is 0 Å². The lowest BCUT2D eigenvalue weighted by Crippen LogP contribution is -2.54. The van der Waals surface area contributed by atoms with Crippen LogP contribution in [0.2, 0.25) is 0 Å². The second-order valence-electron chi connectivity index (χ2n) is 7.61. The number of piperidine rings is 1. The Morgan fingerprint density at radius 2 is 1.88 bits per heavy atom. The van der Waals surface area contributed by atoms with Gasteiger partial charge in [0, 0.05) is 32.2 Å². The van der Waals surface area contributed by atoms with Crippen LogP contribution in [0.1, 0.15) is 42.5 Å². The van der Waals surface area contributed by atoms with E-state index in [9.17, 15) is 9.59 Å². The molecule has 1 atom stereocenters. The standard InChI is InChI=1S/C20H28N4O2/c1-22-18-14-15(19(25)21-9-13-23-10-4-5-11-23)7-8-16(18)24-12-3-2-6-17(24)20(22)26/h7-8,14,17H,2-6,9-13H2,1H3,(H,21,25). The van der Waals surface area contributed by atoms with E-state index in [1.54, 1.807) is 4.90 Å². The molecule has 0 bridgehead atoms. The minimum Gasteiger partial charge on any atom is -0.358 e. The van der Waals surface area contributed by atoms with Crippen LogP contribution in [0.15, 0.2) is 18.2 Å². The number of benzene rings is 1. The lowest BCUT2D eigenvalue weighted by Gasteiger charge is -2.44. The molecule has 4 rings (SSSR count). The molecule has 0 aromatic heterocycles. The van der Waals surface area contributed by atoms with Gasteiger partial charge in [-0.3, -0.25) is 9.59 Å². The number of carbonyl (C=O) groups excluding carboxylic acids is 2. The molecule has 0 saturated carbocycles.